The molecule has 0 radical (unpaired) electrons. The van der Waals surface area contributed by atoms with Crippen LogP contribution >= 0.6 is 0 Å². The van der Waals surface area contributed by atoms with Gasteiger partial charge in [-0.05, 0) is 24.7 Å². The second-order valence-electron chi connectivity index (χ2n) is 4.32. The molecule has 1 aliphatic heterocycles. The van der Waals surface area contributed by atoms with E-state index in [0.717, 1.165) is 12.8 Å². The molecule has 1 saturated heterocycles. The quantitative estimate of drug-likeness (QED) is 0.636. The monoisotopic (exact) mass is 198 g/mol. The number of cyclic esters (lactones) is 1. The summed E-state index contributed by atoms with van der Waals surface area (Å²) in [7, 11) is 0. The molecule has 14 heavy (non-hydrogen) atoms. The molecule has 0 aromatic rings. The number of ether oxygens (including phenoxy) is 1. The number of carbonyl (C=O) groups excluding carboxylic acids is 1. The zero-order valence-electron chi connectivity index (χ0n) is 8.10. The molecule has 2 aliphatic rings. The summed E-state index contributed by atoms with van der Waals surface area (Å²) in [5.74, 6) is -1.41. The number of fused-ring (bicyclic) bond motifs is 1. The molecule has 1 N–H and O–H groups in total. The van der Waals surface area contributed by atoms with Gasteiger partial charge in [0.25, 0.3) is 0 Å². The largest absolute Gasteiger partial charge is 0.481 e. The minimum Gasteiger partial charge on any atom is -0.481 e. The SMILES string of the molecule is CC1CCC2C(C(=O)O)COC(=O)C12. The molecule has 0 aromatic carbocycles. The molecule has 4 nitrogen and oxygen atoms in total. The highest BCUT2D eigenvalue weighted by atomic mass is 16.5. The summed E-state index contributed by atoms with van der Waals surface area (Å²) in [5, 5.41) is 8.97. The van der Waals surface area contributed by atoms with Crippen molar-refractivity contribution in [3.63, 3.8) is 0 Å². The molecule has 0 bridgehead atoms. The van der Waals surface area contributed by atoms with Crippen molar-refractivity contribution >= 4 is 11.9 Å². The number of rotatable bonds is 1. The Morgan fingerprint density at radius 3 is 2.86 bits per heavy atom. The van der Waals surface area contributed by atoms with Gasteiger partial charge in [0.2, 0.25) is 0 Å². The van der Waals surface area contributed by atoms with Crippen molar-refractivity contribution in [2.45, 2.75) is 19.8 Å². The zero-order valence-corrected chi connectivity index (χ0v) is 8.10. The summed E-state index contributed by atoms with van der Waals surface area (Å²) in [6.45, 7) is 2.05. The first kappa shape index (κ1) is 9.49. The third-order valence-corrected chi connectivity index (χ3v) is 3.54. The first-order valence-electron chi connectivity index (χ1n) is 5.00. The van der Waals surface area contributed by atoms with E-state index in [1.54, 1.807) is 0 Å². The Balaban J connectivity index is 2.21. The van der Waals surface area contributed by atoms with Crippen LogP contribution in [0.3, 0.4) is 0 Å². The Bertz CT molecular complexity index is 273. The van der Waals surface area contributed by atoms with Gasteiger partial charge in [-0.25, -0.2) is 0 Å². The smallest absolute Gasteiger partial charge is 0.310 e. The van der Waals surface area contributed by atoms with Gasteiger partial charge in [0.1, 0.15) is 6.61 Å². The van der Waals surface area contributed by atoms with Gasteiger partial charge in [0.15, 0.2) is 0 Å². The topological polar surface area (TPSA) is 63.6 Å². The lowest BCUT2D eigenvalue weighted by atomic mass is 9.80. The van der Waals surface area contributed by atoms with Gasteiger partial charge in [-0.15, -0.1) is 0 Å². The van der Waals surface area contributed by atoms with Crippen molar-refractivity contribution in [1.82, 2.24) is 0 Å². The molecule has 1 aliphatic carbocycles. The lowest BCUT2D eigenvalue weighted by molar-refractivity contribution is -0.168. The molecular formula is C10H14O4. The standard InChI is InChI=1S/C10H14O4/c1-5-2-3-6-7(9(11)12)4-14-10(13)8(5)6/h5-8H,2-4H2,1H3,(H,11,12). The van der Waals surface area contributed by atoms with Gasteiger partial charge >= 0.3 is 11.9 Å². The van der Waals surface area contributed by atoms with Gasteiger partial charge in [0, 0.05) is 0 Å². The number of hydrogen-bond acceptors (Lipinski definition) is 3. The van der Waals surface area contributed by atoms with E-state index >= 15 is 0 Å². The summed E-state index contributed by atoms with van der Waals surface area (Å²) in [4.78, 5) is 22.4. The molecule has 4 unspecified atom stereocenters. The van der Waals surface area contributed by atoms with E-state index in [2.05, 4.69) is 0 Å². The first-order chi connectivity index (χ1) is 6.61. The minimum absolute atomic E-state index is 0.00347. The fourth-order valence-corrected chi connectivity index (χ4v) is 2.74. The number of carboxylic acid groups (broad SMARTS) is 1. The van der Waals surface area contributed by atoms with Crippen LogP contribution in [0.4, 0.5) is 0 Å². The van der Waals surface area contributed by atoms with Gasteiger partial charge in [-0.1, -0.05) is 6.92 Å². The average molecular weight is 198 g/mol. The molecule has 2 rings (SSSR count). The van der Waals surface area contributed by atoms with Crippen molar-refractivity contribution in [1.29, 1.82) is 0 Å². The summed E-state index contributed by atoms with van der Waals surface area (Å²) >= 11 is 0. The molecule has 0 aromatic heterocycles. The Labute approximate surface area is 82.2 Å². The highest BCUT2D eigenvalue weighted by Gasteiger charge is 2.49. The van der Waals surface area contributed by atoms with Crippen LogP contribution in [0.2, 0.25) is 0 Å². The van der Waals surface area contributed by atoms with Crippen LogP contribution in [0.5, 0.6) is 0 Å². The maximum Gasteiger partial charge on any atom is 0.310 e. The predicted molar refractivity (Wildman–Crippen MR) is 47.5 cm³/mol. The van der Waals surface area contributed by atoms with Crippen LogP contribution < -0.4 is 0 Å². The zero-order chi connectivity index (χ0) is 10.3. The summed E-state index contributed by atoms with van der Waals surface area (Å²) < 4.78 is 4.92. The number of hydrogen-bond donors (Lipinski definition) is 1. The minimum atomic E-state index is -0.832. The summed E-state index contributed by atoms with van der Waals surface area (Å²) in [6.07, 6.45) is 1.78. The summed E-state index contributed by atoms with van der Waals surface area (Å²) in [6, 6.07) is 0. The normalized spacial score (nSPS) is 41.6. The van der Waals surface area contributed by atoms with E-state index in [9.17, 15) is 9.59 Å². The van der Waals surface area contributed by atoms with Gasteiger partial charge in [0.05, 0.1) is 11.8 Å². The molecule has 0 spiro atoms. The van der Waals surface area contributed by atoms with Crippen LogP contribution in [0.25, 0.3) is 0 Å². The number of carbonyl (C=O) groups is 2. The fourth-order valence-electron chi connectivity index (χ4n) is 2.74. The molecule has 2 fully saturated rings. The lowest BCUT2D eigenvalue weighted by Crippen LogP contribution is -2.41. The van der Waals surface area contributed by atoms with Crippen LogP contribution in [0.15, 0.2) is 0 Å². The van der Waals surface area contributed by atoms with Crippen LogP contribution in [0, 0.1) is 23.7 Å². The van der Waals surface area contributed by atoms with Gasteiger partial charge < -0.3 is 9.84 Å². The van der Waals surface area contributed by atoms with E-state index < -0.39 is 11.9 Å². The Morgan fingerprint density at radius 2 is 2.21 bits per heavy atom. The van der Waals surface area contributed by atoms with Gasteiger partial charge in [-0.3, -0.25) is 9.59 Å². The Hall–Kier alpha value is -1.06. The van der Waals surface area contributed by atoms with E-state index in [-0.39, 0.29) is 30.3 Å². The second-order valence-corrected chi connectivity index (χ2v) is 4.32. The molecule has 1 saturated carbocycles. The van der Waals surface area contributed by atoms with Crippen LogP contribution in [-0.2, 0) is 14.3 Å². The van der Waals surface area contributed by atoms with Gasteiger partial charge in [-0.2, -0.15) is 0 Å². The number of carboxylic acids is 1. The molecule has 1 heterocycles. The highest BCUT2D eigenvalue weighted by molar-refractivity contribution is 5.79. The molecule has 78 valence electrons. The van der Waals surface area contributed by atoms with Crippen LogP contribution in [0.1, 0.15) is 19.8 Å². The maximum atomic E-state index is 11.4. The maximum absolute atomic E-state index is 11.4. The summed E-state index contributed by atoms with van der Waals surface area (Å²) in [5.41, 5.74) is 0. The lowest BCUT2D eigenvalue weighted by Gasteiger charge is -2.31. The van der Waals surface area contributed by atoms with Crippen molar-refractivity contribution in [3.8, 4) is 0 Å². The van der Waals surface area contributed by atoms with E-state index in [4.69, 9.17) is 9.84 Å². The fraction of sp³-hybridized carbons (Fsp3) is 0.800. The predicted octanol–water partition coefficient (Wildman–Crippen LogP) is 0.906. The molecular weight excluding hydrogens is 184 g/mol. The van der Waals surface area contributed by atoms with E-state index in [1.165, 1.54) is 0 Å². The highest BCUT2D eigenvalue weighted by Crippen LogP contribution is 2.44. The van der Waals surface area contributed by atoms with Crippen molar-refractivity contribution in [3.05, 3.63) is 0 Å². The van der Waals surface area contributed by atoms with E-state index in [0.29, 0.717) is 0 Å². The van der Waals surface area contributed by atoms with Crippen molar-refractivity contribution in [2.75, 3.05) is 6.61 Å². The Kier molecular flexibility index (Phi) is 2.21. The molecule has 0 amide bonds. The first-order valence-corrected chi connectivity index (χ1v) is 5.00. The molecule has 4 atom stereocenters. The molecule has 4 heteroatoms. The van der Waals surface area contributed by atoms with E-state index in [1.807, 2.05) is 6.92 Å². The van der Waals surface area contributed by atoms with Crippen molar-refractivity contribution in [2.24, 2.45) is 23.7 Å². The number of esters is 1. The Morgan fingerprint density at radius 1 is 1.50 bits per heavy atom. The van der Waals surface area contributed by atoms with Crippen molar-refractivity contribution < 1.29 is 19.4 Å². The second kappa shape index (κ2) is 3.26. The average Bonchev–Trinajstić information content (AvgIpc) is 2.49. The third-order valence-electron chi connectivity index (χ3n) is 3.54. The third kappa shape index (κ3) is 1.29. The van der Waals surface area contributed by atoms with Crippen LogP contribution in [-0.4, -0.2) is 23.7 Å². The number of aliphatic carboxylic acids is 1.